The monoisotopic (exact) mass is 355 g/mol. The summed E-state index contributed by atoms with van der Waals surface area (Å²) < 4.78 is 6.41. The predicted molar refractivity (Wildman–Crippen MR) is 86.6 cm³/mol. The van der Waals surface area contributed by atoms with Crippen LogP contribution in [0.1, 0.15) is 27.7 Å². The quantitative estimate of drug-likeness (QED) is 0.775. The molecule has 0 spiro atoms. The molecule has 1 unspecified atom stereocenters. The van der Waals surface area contributed by atoms with E-state index in [2.05, 4.69) is 32.7 Å². The van der Waals surface area contributed by atoms with Crippen LogP contribution in [-0.4, -0.2) is 47.3 Å². The highest BCUT2D eigenvalue weighted by molar-refractivity contribution is 9.10. The van der Waals surface area contributed by atoms with Crippen molar-refractivity contribution in [3.63, 3.8) is 0 Å². The van der Waals surface area contributed by atoms with Gasteiger partial charge in [0, 0.05) is 38.1 Å². The van der Waals surface area contributed by atoms with Gasteiger partial charge in [-0.2, -0.15) is 0 Å². The number of anilines is 1. The van der Waals surface area contributed by atoms with Crippen molar-refractivity contribution in [2.75, 3.05) is 24.5 Å². The van der Waals surface area contributed by atoms with Crippen molar-refractivity contribution >= 4 is 27.7 Å². The molecule has 1 aliphatic heterocycles. The van der Waals surface area contributed by atoms with Crippen LogP contribution in [0.4, 0.5) is 10.5 Å². The number of halogens is 1. The summed E-state index contributed by atoms with van der Waals surface area (Å²) in [5.41, 5.74) is 0.660. The molecular weight excluding hydrogens is 334 g/mol. The lowest BCUT2D eigenvalue weighted by Gasteiger charge is -2.41. The van der Waals surface area contributed by atoms with Crippen molar-refractivity contribution in [1.29, 1.82) is 0 Å². The molecule has 1 aromatic rings. The zero-order valence-corrected chi connectivity index (χ0v) is 14.6. The van der Waals surface area contributed by atoms with Crippen LogP contribution >= 0.6 is 15.9 Å². The molecule has 0 bridgehead atoms. The maximum absolute atomic E-state index is 12.1. The van der Waals surface area contributed by atoms with Crippen molar-refractivity contribution in [2.45, 2.75) is 39.3 Å². The van der Waals surface area contributed by atoms with E-state index in [0.29, 0.717) is 13.1 Å². The van der Waals surface area contributed by atoms with Crippen molar-refractivity contribution in [2.24, 2.45) is 0 Å². The van der Waals surface area contributed by atoms with E-state index in [1.807, 2.05) is 26.8 Å². The molecule has 1 saturated heterocycles. The molecule has 1 aromatic heterocycles. The largest absolute Gasteiger partial charge is 0.444 e. The van der Waals surface area contributed by atoms with Crippen LogP contribution in [0.15, 0.2) is 22.9 Å². The lowest BCUT2D eigenvalue weighted by molar-refractivity contribution is 0.0219. The van der Waals surface area contributed by atoms with Crippen LogP contribution in [0.25, 0.3) is 0 Å². The summed E-state index contributed by atoms with van der Waals surface area (Å²) in [5, 5.41) is 0. The van der Waals surface area contributed by atoms with E-state index in [1.165, 1.54) is 0 Å². The molecule has 6 heteroatoms. The van der Waals surface area contributed by atoms with Crippen LogP contribution in [0, 0.1) is 0 Å². The SMILES string of the molecule is CC1CN(C(=O)OC(C)(C)C)CCN1c1ccncc1Br. The Kier molecular flexibility index (Phi) is 4.76. The average molecular weight is 356 g/mol. The standard InChI is InChI=1S/C15H22BrN3O2/c1-11-10-18(14(20)21-15(2,3)4)7-8-19(11)13-5-6-17-9-12(13)16/h5-6,9,11H,7-8,10H2,1-4H3. The number of pyridine rings is 1. The summed E-state index contributed by atoms with van der Waals surface area (Å²) in [6.45, 7) is 9.88. The topological polar surface area (TPSA) is 45.7 Å². The third-order valence-electron chi connectivity index (χ3n) is 3.34. The van der Waals surface area contributed by atoms with Crippen LogP contribution in [0.3, 0.4) is 0 Å². The third-order valence-corrected chi connectivity index (χ3v) is 3.95. The number of carbonyl (C=O) groups excluding carboxylic acids is 1. The molecule has 0 radical (unpaired) electrons. The fraction of sp³-hybridized carbons (Fsp3) is 0.600. The van der Waals surface area contributed by atoms with Crippen LogP contribution in [0.5, 0.6) is 0 Å². The lowest BCUT2D eigenvalue weighted by atomic mass is 10.1. The molecule has 21 heavy (non-hydrogen) atoms. The lowest BCUT2D eigenvalue weighted by Crippen LogP contribution is -2.54. The molecule has 1 fully saturated rings. The van der Waals surface area contributed by atoms with E-state index in [-0.39, 0.29) is 12.1 Å². The molecule has 2 rings (SSSR count). The van der Waals surface area contributed by atoms with Gasteiger partial charge in [0.1, 0.15) is 5.60 Å². The fourth-order valence-corrected chi connectivity index (χ4v) is 2.89. The second kappa shape index (κ2) is 6.22. The molecule has 2 heterocycles. The first-order chi connectivity index (χ1) is 9.78. The van der Waals surface area contributed by atoms with Gasteiger partial charge in [0.05, 0.1) is 10.2 Å². The second-order valence-electron chi connectivity index (χ2n) is 6.30. The van der Waals surface area contributed by atoms with Crippen molar-refractivity contribution in [3.8, 4) is 0 Å². The van der Waals surface area contributed by atoms with Gasteiger partial charge >= 0.3 is 6.09 Å². The normalized spacial score (nSPS) is 19.6. The summed E-state index contributed by atoms with van der Waals surface area (Å²) in [5.74, 6) is 0. The summed E-state index contributed by atoms with van der Waals surface area (Å²) in [6, 6.07) is 2.22. The number of nitrogens with zero attached hydrogens (tertiary/aromatic N) is 3. The number of hydrogen-bond donors (Lipinski definition) is 0. The van der Waals surface area contributed by atoms with Gasteiger partial charge in [-0.05, 0) is 49.7 Å². The second-order valence-corrected chi connectivity index (χ2v) is 7.15. The molecule has 1 atom stereocenters. The van der Waals surface area contributed by atoms with Gasteiger partial charge in [-0.25, -0.2) is 4.79 Å². The Labute approximate surface area is 134 Å². The Morgan fingerprint density at radius 2 is 2.14 bits per heavy atom. The van der Waals surface area contributed by atoms with Crippen molar-refractivity contribution in [3.05, 3.63) is 22.9 Å². The first-order valence-corrected chi connectivity index (χ1v) is 7.91. The van der Waals surface area contributed by atoms with E-state index in [0.717, 1.165) is 16.7 Å². The highest BCUT2D eigenvalue weighted by Crippen LogP contribution is 2.28. The molecule has 0 saturated carbocycles. The number of amides is 1. The Morgan fingerprint density at radius 1 is 1.43 bits per heavy atom. The highest BCUT2D eigenvalue weighted by atomic mass is 79.9. The van der Waals surface area contributed by atoms with E-state index in [1.54, 1.807) is 17.3 Å². The molecule has 5 nitrogen and oxygen atoms in total. The zero-order valence-electron chi connectivity index (χ0n) is 13.0. The Morgan fingerprint density at radius 3 is 2.71 bits per heavy atom. The van der Waals surface area contributed by atoms with E-state index in [4.69, 9.17) is 4.74 Å². The molecule has 1 aliphatic rings. The number of hydrogen-bond acceptors (Lipinski definition) is 4. The molecular formula is C15H22BrN3O2. The molecule has 0 aromatic carbocycles. The first-order valence-electron chi connectivity index (χ1n) is 7.12. The number of carbonyl (C=O) groups is 1. The third kappa shape index (κ3) is 4.09. The van der Waals surface area contributed by atoms with Crippen LogP contribution in [-0.2, 0) is 4.74 Å². The minimum Gasteiger partial charge on any atom is -0.444 e. The Balaban J connectivity index is 2.03. The zero-order chi connectivity index (χ0) is 15.6. The van der Waals surface area contributed by atoms with E-state index >= 15 is 0 Å². The Hall–Kier alpha value is -1.30. The van der Waals surface area contributed by atoms with Gasteiger partial charge in [0.15, 0.2) is 0 Å². The maximum atomic E-state index is 12.1. The first kappa shape index (κ1) is 16.1. The van der Waals surface area contributed by atoms with Gasteiger partial charge < -0.3 is 14.5 Å². The summed E-state index contributed by atoms with van der Waals surface area (Å²) >= 11 is 3.53. The van der Waals surface area contributed by atoms with E-state index in [9.17, 15) is 4.79 Å². The molecule has 0 aliphatic carbocycles. The average Bonchev–Trinajstić information content (AvgIpc) is 2.38. The van der Waals surface area contributed by atoms with Crippen molar-refractivity contribution in [1.82, 2.24) is 9.88 Å². The maximum Gasteiger partial charge on any atom is 0.410 e. The van der Waals surface area contributed by atoms with Gasteiger partial charge in [0.25, 0.3) is 0 Å². The van der Waals surface area contributed by atoms with Crippen LogP contribution < -0.4 is 4.90 Å². The smallest absolute Gasteiger partial charge is 0.410 e. The number of ether oxygens (including phenoxy) is 1. The van der Waals surface area contributed by atoms with Gasteiger partial charge in [-0.3, -0.25) is 4.98 Å². The minimum atomic E-state index is -0.453. The minimum absolute atomic E-state index is 0.227. The molecule has 0 N–H and O–H groups in total. The fourth-order valence-electron chi connectivity index (χ4n) is 2.41. The summed E-state index contributed by atoms with van der Waals surface area (Å²) in [7, 11) is 0. The number of rotatable bonds is 1. The number of aromatic nitrogens is 1. The Bertz CT molecular complexity index is 516. The number of piperazine rings is 1. The van der Waals surface area contributed by atoms with Gasteiger partial charge in [0.2, 0.25) is 0 Å². The highest BCUT2D eigenvalue weighted by Gasteiger charge is 2.30. The van der Waals surface area contributed by atoms with Crippen molar-refractivity contribution < 1.29 is 9.53 Å². The predicted octanol–water partition coefficient (Wildman–Crippen LogP) is 3.29. The van der Waals surface area contributed by atoms with Crippen LogP contribution in [0.2, 0.25) is 0 Å². The van der Waals surface area contributed by atoms with E-state index < -0.39 is 5.60 Å². The molecule has 1 amide bonds. The van der Waals surface area contributed by atoms with Gasteiger partial charge in [-0.15, -0.1) is 0 Å². The summed E-state index contributed by atoms with van der Waals surface area (Å²) in [6.07, 6.45) is 3.35. The molecule has 116 valence electrons. The summed E-state index contributed by atoms with van der Waals surface area (Å²) in [4.78, 5) is 20.3. The van der Waals surface area contributed by atoms with Gasteiger partial charge in [-0.1, -0.05) is 0 Å².